The van der Waals surface area contributed by atoms with Gasteiger partial charge in [-0.3, -0.25) is 0 Å². The maximum Gasteiger partial charge on any atom is 0.117 e. The molecule has 2 aromatic carbocycles. The van der Waals surface area contributed by atoms with E-state index in [-0.39, 0.29) is 0 Å². The van der Waals surface area contributed by atoms with Gasteiger partial charge in [0.05, 0.1) is 22.7 Å². The molecule has 1 aliphatic carbocycles. The molecular weight excluding hydrogens is 258 g/mol. The Morgan fingerprint density at radius 3 is 2.90 bits per heavy atom. The molecule has 1 aromatic heterocycles. The van der Waals surface area contributed by atoms with Gasteiger partial charge in [-0.15, -0.1) is 0 Å². The fraction of sp³-hybridized carbons (Fsp3) is 0.222. The van der Waals surface area contributed by atoms with Crippen molar-refractivity contribution in [1.29, 1.82) is 5.26 Å². The lowest BCUT2D eigenvalue weighted by Crippen LogP contribution is -2.21. The molecule has 0 spiro atoms. The lowest BCUT2D eigenvalue weighted by Gasteiger charge is -2.29. The summed E-state index contributed by atoms with van der Waals surface area (Å²) in [6.07, 6.45) is 1.06. The van der Waals surface area contributed by atoms with E-state index < -0.39 is 0 Å². The van der Waals surface area contributed by atoms with E-state index in [0.29, 0.717) is 11.5 Å². The highest BCUT2D eigenvalue weighted by molar-refractivity contribution is 5.78. The second kappa shape index (κ2) is 4.46. The highest BCUT2D eigenvalue weighted by Crippen LogP contribution is 2.40. The zero-order chi connectivity index (χ0) is 14.4. The summed E-state index contributed by atoms with van der Waals surface area (Å²) in [4.78, 5) is 4.82. The zero-order valence-electron chi connectivity index (χ0n) is 11.9. The first kappa shape index (κ1) is 12.2. The monoisotopic (exact) mass is 273 g/mol. The van der Waals surface area contributed by atoms with Gasteiger partial charge in [-0.25, -0.2) is 4.98 Å². The smallest absolute Gasteiger partial charge is 0.117 e. The number of aromatic nitrogens is 2. The van der Waals surface area contributed by atoms with Gasteiger partial charge in [0.15, 0.2) is 0 Å². The Bertz CT molecular complexity index is 883. The van der Waals surface area contributed by atoms with Crippen LogP contribution in [0.1, 0.15) is 35.4 Å². The van der Waals surface area contributed by atoms with Crippen LogP contribution in [0.2, 0.25) is 0 Å². The molecular formula is C18H15N3. The Kier molecular flexibility index (Phi) is 2.58. The number of fused-ring (bicyclic) bond motifs is 2. The number of aryl methyl sites for hydroxylation is 1. The quantitative estimate of drug-likeness (QED) is 0.715. The third-order valence-electron chi connectivity index (χ3n) is 4.39. The Labute approximate surface area is 123 Å². The van der Waals surface area contributed by atoms with Gasteiger partial charge < -0.3 is 4.57 Å². The Balaban J connectivity index is 1.88. The van der Waals surface area contributed by atoms with E-state index in [0.717, 1.165) is 29.8 Å². The maximum absolute atomic E-state index is 9.04. The van der Waals surface area contributed by atoms with Crippen LogP contribution in [0.25, 0.3) is 11.0 Å². The van der Waals surface area contributed by atoms with Crippen LogP contribution in [0.5, 0.6) is 0 Å². The van der Waals surface area contributed by atoms with Crippen molar-refractivity contribution in [2.75, 3.05) is 0 Å². The number of hydrogen-bond acceptors (Lipinski definition) is 2. The van der Waals surface area contributed by atoms with Crippen LogP contribution in [0.3, 0.4) is 0 Å². The fourth-order valence-electron chi connectivity index (χ4n) is 3.31. The first-order valence-corrected chi connectivity index (χ1v) is 7.30. The van der Waals surface area contributed by atoms with Gasteiger partial charge in [-0.2, -0.15) is 5.26 Å². The van der Waals surface area contributed by atoms with Crippen LogP contribution in [-0.2, 0) is 13.0 Å². The Morgan fingerprint density at radius 2 is 2.14 bits per heavy atom. The minimum atomic E-state index is 0.388. The summed E-state index contributed by atoms with van der Waals surface area (Å²) in [5, 5.41) is 9.04. The van der Waals surface area contributed by atoms with Crippen LogP contribution < -0.4 is 0 Å². The SMILES string of the molecule is CCn1c(C2Cc3ccccc32)nc2cc(C#N)ccc21. The minimum absolute atomic E-state index is 0.388. The molecule has 0 saturated heterocycles. The number of nitrogens with zero attached hydrogens (tertiary/aromatic N) is 3. The van der Waals surface area contributed by atoms with E-state index in [9.17, 15) is 0 Å². The number of nitriles is 1. The van der Waals surface area contributed by atoms with E-state index >= 15 is 0 Å². The molecule has 21 heavy (non-hydrogen) atoms. The molecule has 0 N–H and O–H groups in total. The molecule has 3 heteroatoms. The summed E-state index contributed by atoms with van der Waals surface area (Å²) in [5.41, 5.74) is 5.54. The molecule has 0 radical (unpaired) electrons. The van der Waals surface area contributed by atoms with Crippen LogP contribution in [0, 0.1) is 11.3 Å². The fourth-order valence-corrected chi connectivity index (χ4v) is 3.31. The van der Waals surface area contributed by atoms with Crippen molar-refractivity contribution >= 4 is 11.0 Å². The summed E-state index contributed by atoms with van der Waals surface area (Å²) < 4.78 is 2.27. The van der Waals surface area contributed by atoms with E-state index in [4.69, 9.17) is 10.2 Å². The van der Waals surface area contributed by atoms with Crippen molar-refractivity contribution in [3.8, 4) is 6.07 Å². The van der Waals surface area contributed by atoms with Gasteiger partial charge in [0.1, 0.15) is 5.82 Å². The Hall–Kier alpha value is -2.60. The first-order chi connectivity index (χ1) is 10.3. The van der Waals surface area contributed by atoms with Gasteiger partial charge >= 0.3 is 0 Å². The molecule has 0 bridgehead atoms. The largest absolute Gasteiger partial charge is 0.328 e. The zero-order valence-corrected chi connectivity index (χ0v) is 11.9. The second-order valence-corrected chi connectivity index (χ2v) is 5.49. The van der Waals surface area contributed by atoms with Crippen molar-refractivity contribution < 1.29 is 0 Å². The molecule has 0 saturated carbocycles. The lowest BCUT2D eigenvalue weighted by atomic mass is 9.77. The number of imidazole rings is 1. The predicted octanol–water partition coefficient (Wildman–Crippen LogP) is 3.62. The van der Waals surface area contributed by atoms with Crippen LogP contribution in [-0.4, -0.2) is 9.55 Å². The van der Waals surface area contributed by atoms with Gasteiger partial charge in [0.2, 0.25) is 0 Å². The van der Waals surface area contributed by atoms with Gasteiger partial charge in [-0.05, 0) is 42.7 Å². The van der Waals surface area contributed by atoms with Gasteiger partial charge in [0.25, 0.3) is 0 Å². The molecule has 102 valence electrons. The summed E-state index contributed by atoms with van der Waals surface area (Å²) in [5.74, 6) is 1.51. The molecule has 0 fully saturated rings. The lowest BCUT2D eigenvalue weighted by molar-refractivity contribution is 0.607. The summed E-state index contributed by atoms with van der Waals surface area (Å²) in [6.45, 7) is 3.05. The summed E-state index contributed by atoms with van der Waals surface area (Å²) in [7, 11) is 0. The third kappa shape index (κ3) is 1.69. The Morgan fingerprint density at radius 1 is 1.29 bits per heavy atom. The van der Waals surface area contributed by atoms with Crippen LogP contribution in [0.15, 0.2) is 42.5 Å². The average Bonchev–Trinajstić information content (AvgIpc) is 2.85. The highest BCUT2D eigenvalue weighted by atomic mass is 15.1. The van der Waals surface area contributed by atoms with Crippen molar-refractivity contribution in [3.63, 3.8) is 0 Å². The normalized spacial score (nSPS) is 16.3. The van der Waals surface area contributed by atoms with Crippen LogP contribution in [0.4, 0.5) is 0 Å². The predicted molar refractivity (Wildman–Crippen MR) is 82.1 cm³/mol. The van der Waals surface area contributed by atoms with E-state index in [1.165, 1.54) is 11.1 Å². The third-order valence-corrected chi connectivity index (χ3v) is 4.39. The molecule has 1 aliphatic rings. The first-order valence-electron chi connectivity index (χ1n) is 7.30. The van der Waals surface area contributed by atoms with E-state index in [1.54, 1.807) is 0 Å². The molecule has 1 heterocycles. The molecule has 3 aromatic rings. The summed E-state index contributed by atoms with van der Waals surface area (Å²) in [6, 6.07) is 16.5. The topological polar surface area (TPSA) is 41.6 Å². The number of rotatable bonds is 2. The van der Waals surface area contributed by atoms with Gasteiger partial charge in [0, 0.05) is 12.5 Å². The average molecular weight is 273 g/mol. The van der Waals surface area contributed by atoms with E-state index in [1.807, 2.05) is 18.2 Å². The molecule has 1 unspecified atom stereocenters. The van der Waals surface area contributed by atoms with Crippen molar-refractivity contribution in [2.45, 2.75) is 25.8 Å². The molecule has 0 amide bonds. The standard InChI is InChI=1S/C18H15N3/c1-2-21-17-8-7-12(11-19)9-16(17)20-18(21)15-10-13-5-3-4-6-14(13)15/h3-9,15H,2,10H2,1H3. The van der Waals surface area contributed by atoms with Crippen molar-refractivity contribution in [1.82, 2.24) is 9.55 Å². The molecule has 3 nitrogen and oxygen atoms in total. The molecule has 1 atom stereocenters. The minimum Gasteiger partial charge on any atom is -0.328 e. The van der Waals surface area contributed by atoms with Gasteiger partial charge in [-0.1, -0.05) is 24.3 Å². The van der Waals surface area contributed by atoms with Crippen molar-refractivity contribution in [2.24, 2.45) is 0 Å². The maximum atomic E-state index is 9.04. The second-order valence-electron chi connectivity index (χ2n) is 5.49. The van der Waals surface area contributed by atoms with E-state index in [2.05, 4.69) is 41.8 Å². The van der Waals surface area contributed by atoms with Crippen molar-refractivity contribution in [3.05, 3.63) is 65.0 Å². The molecule has 0 aliphatic heterocycles. The number of hydrogen-bond donors (Lipinski definition) is 0. The summed E-state index contributed by atoms with van der Waals surface area (Å²) >= 11 is 0. The highest BCUT2D eigenvalue weighted by Gasteiger charge is 2.31. The van der Waals surface area contributed by atoms with Crippen LogP contribution >= 0.6 is 0 Å². The number of benzene rings is 2. The molecule has 4 rings (SSSR count).